The number of carboxylic acid groups (broad SMARTS) is 1. The van der Waals surface area contributed by atoms with Crippen LogP contribution in [0.25, 0.3) is 21.7 Å². The van der Waals surface area contributed by atoms with Crippen molar-refractivity contribution in [1.29, 1.82) is 0 Å². The molecule has 130 valence electrons. The van der Waals surface area contributed by atoms with E-state index >= 15 is 0 Å². The molecule has 0 aliphatic carbocycles. The van der Waals surface area contributed by atoms with E-state index in [1.807, 2.05) is 23.6 Å². The molecule has 0 saturated carbocycles. The van der Waals surface area contributed by atoms with Gasteiger partial charge in [0.2, 0.25) is 0 Å². The molecule has 25 heavy (non-hydrogen) atoms. The smallest absolute Gasteiger partial charge is 0.347 e. The summed E-state index contributed by atoms with van der Waals surface area (Å²) >= 11 is 2.84. The van der Waals surface area contributed by atoms with Crippen LogP contribution in [0.3, 0.4) is 0 Å². The minimum Gasteiger partial charge on any atom is -0.493 e. The maximum atomic E-state index is 11.3. The molecule has 1 N–H and O–H groups in total. The molecule has 0 bridgehead atoms. The molecule has 4 nitrogen and oxygen atoms in total. The predicted octanol–water partition coefficient (Wildman–Crippen LogP) is 5.58. The minimum absolute atomic E-state index is 0.284. The van der Waals surface area contributed by atoms with Gasteiger partial charge in [0.25, 0.3) is 0 Å². The van der Waals surface area contributed by atoms with Crippen LogP contribution in [0.15, 0.2) is 35.0 Å². The Bertz CT molecular complexity index is 882. The fourth-order valence-electron chi connectivity index (χ4n) is 2.41. The van der Waals surface area contributed by atoms with Crippen LogP contribution in [0.5, 0.6) is 5.75 Å². The third-order valence-electron chi connectivity index (χ3n) is 3.62. The number of aromatic nitrogens is 1. The number of nitrogens with zero attached hydrogens (tertiary/aromatic N) is 1. The summed E-state index contributed by atoms with van der Waals surface area (Å²) in [5.74, 6) is 0.341. The van der Waals surface area contributed by atoms with E-state index in [4.69, 9.17) is 4.74 Å². The number of carbonyl (C=O) groups is 1. The first-order valence-corrected chi connectivity index (χ1v) is 9.72. The van der Waals surface area contributed by atoms with Gasteiger partial charge in [0, 0.05) is 11.1 Å². The molecule has 3 aromatic rings. The fraction of sp³-hybridized carbons (Fsp3) is 0.263. The highest BCUT2D eigenvalue weighted by Crippen LogP contribution is 2.37. The van der Waals surface area contributed by atoms with Crippen LogP contribution in [0.4, 0.5) is 0 Å². The number of rotatable bonds is 6. The summed E-state index contributed by atoms with van der Waals surface area (Å²) in [6.45, 7) is 6.61. The van der Waals surface area contributed by atoms with Crippen LogP contribution in [-0.2, 0) is 0 Å². The normalized spacial score (nSPS) is 11.0. The highest BCUT2D eigenvalue weighted by Gasteiger charge is 2.17. The summed E-state index contributed by atoms with van der Waals surface area (Å²) in [5.41, 5.74) is 3.55. The molecule has 6 heteroatoms. The molecular formula is C19H19NO3S2. The SMILES string of the molecule is Cc1nc(-c2ccc(OCC(C)C)c(-c3ccsc3)c2)sc1C(=O)O. The maximum Gasteiger partial charge on any atom is 0.347 e. The van der Waals surface area contributed by atoms with Crippen molar-refractivity contribution in [3.63, 3.8) is 0 Å². The lowest BCUT2D eigenvalue weighted by Crippen LogP contribution is -2.05. The zero-order valence-electron chi connectivity index (χ0n) is 14.3. The van der Waals surface area contributed by atoms with Gasteiger partial charge < -0.3 is 9.84 Å². The van der Waals surface area contributed by atoms with Crippen LogP contribution in [0.2, 0.25) is 0 Å². The molecule has 0 unspecified atom stereocenters. The lowest BCUT2D eigenvalue weighted by atomic mass is 10.0. The van der Waals surface area contributed by atoms with E-state index in [0.29, 0.717) is 23.2 Å². The molecule has 0 radical (unpaired) electrons. The van der Waals surface area contributed by atoms with Gasteiger partial charge in [0.1, 0.15) is 15.6 Å². The van der Waals surface area contributed by atoms with Gasteiger partial charge in [0.05, 0.1) is 12.3 Å². The van der Waals surface area contributed by atoms with Gasteiger partial charge in [-0.05, 0) is 53.4 Å². The second-order valence-electron chi connectivity index (χ2n) is 6.17. The molecule has 0 fully saturated rings. The Kier molecular flexibility index (Phi) is 5.20. The predicted molar refractivity (Wildman–Crippen MR) is 103 cm³/mol. The Balaban J connectivity index is 2.03. The zero-order chi connectivity index (χ0) is 18.0. The Hall–Kier alpha value is -2.18. The Labute approximate surface area is 154 Å². The Morgan fingerprint density at radius 2 is 2.08 bits per heavy atom. The molecule has 0 spiro atoms. The molecule has 2 heterocycles. The summed E-state index contributed by atoms with van der Waals surface area (Å²) in [5, 5.41) is 14.1. The minimum atomic E-state index is -0.934. The summed E-state index contributed by atoms with van der Waals surface area (Å²) in [7, 11) is 0. The van der Waals surface area contributed by atoms with E-state index in [0.717, 1.165) is 22.4 Å². The van der Waals surface area contributed by atoms with Crippen molar-refractivity contribution in [1.82, 2.24) is 4.98 Å². The lowest BCUT2D eigenvalue weighted by Gasteiger charge is -2.13. The molecule has 3 rings (SSSR count). The largest absolute Gasteiger partial charge is 0.493 e. The highest BCUT2D eigenvalue weighted by molar-refractivity contribution is 7.17. The third kappa shape index (κ3) is 3.91. The van der Waals surface area contributed by atoms with E-state index in [-0.39, 0.29) is 4.88 Å². The van der Waals surface area contributed by atoms with Crippen molar-refractivity contribution < 1.29 is 14.6 Å². The Morgan fingerprint density at radius 1 is 1.28 bits per heavy atom. The number of benzene rings is 1. The molecule has 0 aliphatic rings. The molecule has 0 amide bonds. The molecule has 0 saturated heterocycles. The van der Waals surface area contributed by atoms with Gasteiger partial charge in [-0.2, -0.15) is 11.3 Å². The zero-order valence-corrected chi connectivity index (χ0v) is 15.9. The van der Waals surface area contributed by atoms with Crippen molar-refractivity contribution in [3.05, 3.63) is 45.6 Å². The van der Waals surface area contributed by atoms with E-state index in [2.05, 4.69) is 30.3 Å². The number of carboxylic acids is 1. The lowest BCUT2D eigenvalue weighted by molar-refractivity contribution is 0.0701. The first-order chi connectivity index (χ1) is 12.0. The number of thiazole rings is 1. The van der Waals surface area contributed by atoms with Gasteiger partial charge >= 0.3 is 5.97 Å². The van der Waals surface area contributed by atoms with Crippen LogP contribution in [0.1, 0.15) is 29.2 Å². The molecule has 0 atom stereocenters. The number of hydrogen-bond acceptors (Lipinski definition) is 5. The van der Waals surface area contributed by atoms with Crippen molar-refractivity contribution in [2.75, 3.05) is 6.61 Å². The van der Waals surface area contributed by atoms with Crippen LogP contribution < -0.4 is 4.74 Å². The fourth-order valence-corrected chi connectivity index (χ4v) is 3.96. The topological polar surface area (TPSA) is 59.4 Å². The van der Waals surface area contributed by atoms with Crippen LogP contribution in [0, 0.1) is 12.8 Å². The van der Waals surface area contributed by atoms with E-state index < -0.39 is 5.97 Å². The average molecular weight is 373 g/mol. The summed E-state index contributed by atoms with van der Waals surface area (Å²) < 4.78 is 5.97. The molecule has 2 aromatic heterocycles. The molecule has 0 aliphatic heterocycles. The van der Waals surface area contributed by atoms with Gasteiger partial charge in [-0.3, -0.25) is 0 Å². The van der Waals surface area contributed by atoms with Gasteiger partial charge in [-0.1, -0.05) is 13.8 Å². The summed E-state index contributed by atoms with van der Waals surface area (Å²) in [6, 6.07) is 7.97. The molecule has 1 aromatic carbocycles. The maximum absolute atomic E-state index is 11.3. The van der Waals surface area contributed by atoms with E-state index in [1.54, 1.807) is 18.3 Å². The van der Waals surface area contributed by atoms with Crippen LogP contribution in [-0.4, -0.2) is 22.7 Å². The third-order valence-corrected chi connectivity index (χ3v) is 5.50. The summed E-state index contributed by atoms with van der Waals surface area (Å²) in [6.07, 6.45) is 0. The van der Waals surface area contributed by atoms with E-state index in [1.165, 1.54) is 11.3 Å². The number of hydrogen-bond donors (Lipinski definition) is 1. The average Bonchev–Trinajstić information content (AvgIpc) is 3.22. The first-order valence-electron chi connectivity index (χ1n) is 7.96. The number of thiophene rings is 1. The number of aromatic carboxylic acids is 1. The molecular weight excluding hydrogens is 354 g/mol. The Morgan fingerprint density at radius 3 is 2.68 bits per heavy atom. The van der Waals surface area contributed by atoms with Crippen molar-refractivity contribution >= 4 is 28.6 Å². The van der Waals surface area contributed by atoms with Crippen molar-refractivity contribution in [2.45, 2.75) is 20.8 Å². The van der Waals surface area contributed by atoms with Crippen LogP contribution >= 0.6 is 22.7 Å². The first kappa shape index (κ1) is 17.6. The monoisotopic (exact) mass is 373 g/mol. The standard InChI is InChI=1S/C19H19NO3S2/c1-11(2)9-23-16-5-4-13(8-15(16)14-6-7-24-10-14)18-20-12(3)17(25-18)19(21)22/h4-8,10-11H,9H2,1-3H3,(H,21,22). The van der Waals surface area contributed by atoms with Crippen molar-refractivity contribution in [3.8, 4) is 27.4 Å². The van der Waals surface area contributed by atoms with Gasteiger partial charge in [0.15, 0.2) is 0 Å². The second-order valence-corrected chi connectivity index (χ2v) is 7.95. The number of aryl methyl sites for hydroxylation is 1. The highest BCUT2D eigenvalue weighted by atomic mass is 32.1. The van der Waals surface area contributed by atoms with E-state index in [9.17, 15) is 9.90 Å². The number of ether oxygens (including phenoxy) is 1. The summed E-state index contributed by atoms with van der Waals surface area (Å²) in [4.78, 5) is 16.0. The van der Waals surface area contributed by atoms with Crippen molar-refractivity contribution in [2.24, 2.45) is 5.92 Å². The second kappa shape index (κ2) is 7.37. The van der Waals surface area contributed by atoms with Gasteiger partial charge in [-0.15, -0.1) is 11.3 Å². The van der Waals surface area contributed by atoms with Gasteiger partial charge in [-0.25, -0.2) is 9.78 Å². The quantitative estimate of drug-likeness (QED) is 0.613.